The summed E-state index contributed by atoms with van der Waals surface area (Å²) in [7, 11) is 0. The fraction of sp³-hybridized carbons (Fsp3) is 0.333. The third kappa shape index (κ3) is 4.07. The monoisotopic (exact) mass is 298 g/mol. The first-order valence-electron chi connectivity index (χ1n) is 7.54. The van der Waals surface area contributed by atoms with Crippen molar-refractivity contribution in [1.29, 1.82) is 0 Å². The maximum atomic E-state index is 12.0. The number of nitrogens with two attached hydrogens (primary N) is 1. The highest BCUT2D eigenvalue weighted by Crippen LogP contribution is 2.11. The highest BCUT2D eigenvalue weighted by Gasteiger charge is 2.11. The zero-order valence-electron chi connectivity index (χ0n) is 13.1. The average molecular weight is 298 g/mol. The van der Waals surface area contributed by atoms with Crippen molar-refractivity contribution in [2.24, 2.45) is 11.7 Å². The second-order valence-corrected chi connectivity index (χ2v) is 5.95. The van der Waals surface area contributed by atoms with Crippen LogP contribution in [-0.4, -0.2) is 10.5 Å². The fourth-order valence-corrected chi connectivity index (χ4v) is 2.36. The molecule has 2 aromatic rings. The van der Waals surface area contributed by atoms with Gasteiger partial charge in [-0.05, 0) is 17.9 Å². The van der Waals surface area contributed by atoms with Gasteiger partial charge in [0.1, 0.15) is 5.56 Å². The molecule has 0 aliphatic carbocycles. The van der Waals surface area contributed by atoms with Gasteiger partial charge in [0.05, 0.1) is 0 Å². The van der Waals surface area contributed by atoms with E-state index in [4.69, 9.17) is 5.73 Å². The summed E-state index contributed by atoms with van der Waals surface area (Å²) >= 11 is 0. The highest BCUT2D eigenvalue weighted by atomic mass is 16.2. The number of amides is 1. The smallest absolute Gasteiger partial charge is 0.254 e. The Labute approximate surface area is 130 Å². The minimum Gasteiger partial charge on any atom is -0.365 e. The summed E-state index contributed by atoms with van der Waals surface area (Å²) in [6.45, 7) is 5.06. The first-order chi connectivity index (χ1) is 10.5. The Bertz CT molecular complexity index is 703. The van der Waals surface area contributed by atoms with Gasteiger partial charge in [-0.3, -0.25) is 9.59 Å². The van der Waals surface area contributed by atoms with Crippen LogP contribution in [0.15, 0.2) is 47.4 Å². The van der Waals surface area contributed by atoms with Crippen LogP contribution in [-0.2, 0) is 13.0 Å². The molecule has 1 aromatic heterocycles. The molecule has 4 heteroatoms. The Morgan fingerprint density at radius 1 is 1.23 bits per heavy atom. The third-order valence-corrected chi connectivity index (χ3v) is 3.66. The highest BCUT2D eigenvalue weighted by molar-refractivity contribution is 5.92. The van der Waals surface area contributed by atoms with Crippen molar-refractivity contribution < 1.29 is 4.79 Å². The Morgan fingerprint density at radius 3 is 2.50 bits per heavy atom. The average Bonchev–Trinajstić information content (AvgIpc) is 2.47. The predicted molar refractivity (Wildman–Crippen MR) is 87.9 cm³/mol. The van der Waals surface area contributed by atoms with Crippen LogP contribution in [0.3, 0.4) is 0 Å². The molecule has 0 fully saturated rings. The Hall–Kier alpha value is -2.36. The summed E-state index contributed by atoms with van der Waals surface area (Å²) in [5.74, 6) is -0.129. The van der Waals surface area contributed by atoms with Crippen LogP contribution in [0.5, 0.6) is 0 Å². The topological polar surface area (TPSA) is 65.1 Å². The SMILES string of the molecule is CC(C)CCn1cc(C(N)=O)c(=O)cc1Cc1ccccc1. The van der Waals surface area contributed by atoms with E-state index in [1.165, 1.54) is 6.07 Å². The minimum absolute atomic E-state index is 0.0561. The summed E-state index contributed by atoms with van der Waals surface area (Å²) < 4.78 is 1.98. The van der Waals surface area contributed by atoms with Crippen LogP contribution >= 0.6 is 0 Å². The lowest BCUT2D eigenvalue weighted by Gasteiger charge is -2.16. The normalized spacial score (nSPS) is 10.9. The molecule has 0 unspecified atom stereocenters. The fourth-order valence-electron chi connectivity index (χ4n) is 2.36. The van der Waals surface area contributed by atoms with Crippen LogP contribution in [0.1, 0.15) is 41.9 Å². The molecule has 116 valence electrons. The van der Waals surface area contributed by atoms with Gasteiger partial charge in [0.2, 0.25) is 0 Å². The van der Waals surface area contributed by atoms with E-state index in [-0.39, 0.29) is 11.0 Å². The van der Waals surface area contributed by atoms with Crippen LogP contribution in [0.25, 0.3) is 0 Å². The molecule has 0 spiro atoms. The summed E-state index contributed by atoms with van der Waals surface area (Å²) in [6.07, 6.45) is 3.24. The van der Waals surface area contributed by atoms with Crippen molar-refractivity contribution in [2.75, 3.05) is 0 Å². The van der Waals surface area contributed by atoms with Gasteiger partial charge in [-0.15, -0.1) is 0 Å². The molecule has 1 heterocycles. The van der Waals surface area contributed by atoms with Gasteiger partial charge in [-0.1, -0.05) is 44.2 Å². The van der Waals surface area contributed by atoms with E-state index in [1.54, 1.807) is 6.20 Å². The van der Waals surface area contributed by atoms with Crippen molar-refractivity contribution in [1.82, 2.24) is 4.57 Å². The number of aromatic nitrogens is 1. The standard InChI is InChI=1S/C18H22N2O2/c1-13(2)8-9-20-12-16(18(19)22)17(21)11-15(20)10-14-6-4-3-5-7-14/h3-7,11-13H,8-10H2,1-2H3,(H2,19,22). The van der Waals surface area contributed by atoms with Crippen LogP contribution in [0.2, 0.25) is 0 Å². The molecule has 0 saturated carbocycles. The van der Waals surface area contributed by atoms with E-state index in [1.807, 2.05) is 34.9 Å². The quantitative estimate of drug-likeness (QED) is 0.890. The first-order valence-corrected chi connectivity index (χ1v) is 7.54. The number of hydrogen-bond acceptors (Lipinski definition) is 2. The lowest BCUT2D eigenvalue weighted by molar-refractivity contribution is 0.0998. The Morgan fingerprint density at radius 2 is 1.91 bits per heavy atom. The molecule has 0 bridgehead atoms. The molecule has 0 aliphatic rings. The Kier molecular flexibility index (Phi) is 5.15. The number of nitrogens with zero attached hydrogens (tertiary/aromatic N) is 1. The van der Waals surface area contributed by atoms with Gasteiger partial charge < -0.3 is 10.3 Å². The van der Waals surface area contributed by atoms with Crippen molar-refractivity contribution in [2.45, 2.75) is 33.2 Å². The van der Waals surface area contributed by atoms with E-state index in [0.29, 0.717) is 12.3 Å². The van der Waals surface area contributed by atoms with Crippen LogP contribution in [0.4, 0.5) is 0 Å². The van der Waals surface area contributed by atoms with Crippen LogP contribution < -0.4 is 11.2 Å². The van der Waals surface area contributed by atoms with Crippen molar-refractivity contribution in [3.05, 3.63) is 69.6 Å². The van der Waals surface area contributed by atoms with E-state index in [2.05, 4.69) is 13.8 Å². The van der Waals surface area contributed by atoms with Crippen LogP contribution in [0, 0.1) is 5.92 Å². The number of hydrogen-bond donors (Lipinski definition) is 1. The maximum absolute atomic E-state index is 12.0. The van der Waals surface area contributed by atoms with Gasteiger partial charge in [0.25, 0.3) is 5.91 Å². The second kappa shape index (κ2) is 7.07. The molecule has 22 heavy (non-hydrogen) atoms. The van der Waals surface area contributed by atoms with Gasteiger partial charge in [0.15, 0.2) is 5.43 Å². The van der Waals surface area contributed by atoms with E-state index in [9.17, 15) is 9.59 Å². The van der Waals surface area contributed by atoms with Gasteiger partial charge in [0, 0.05) is 30.9 Å². The molecule has 0 aliphatic heterocycles. The molecule has 1 aromatic carbocycles. The van der Waals surface area contributed by atoms with Gasteiger partial charge >= 0.3 is 0 Å². The van der Waals surface area contributed by atoms with Crippen molar-refractivity contribution >= 4 is 5.91 Å². The second-order valence-electron chi connectivity index (χ2n) is 5.95. The largest absolute Gasteiger partial charge is 0.365 e. The third-order valence-electron chi connectivity index (χ3n) is 3.66. The number of carbonyl (C=O) groups excluding carboxylic acids is 1. The van der Waals surface area contributed by atoms with E-state index < -0.39 is 5.91 Å². The molecule has 2 N–H and O–H groups in total. The molecule has 0 radical (unpaired) electrons. The van der Waals surface area contributed by atoms with Crippen molar-refractivity contribution in [3.8, 4) is 0 Å². The molecular weight excluding hydrogens is 276 g/mol. The molecule has 0 atom stereocenters. The number of aryl methyl sites for hydroxylation is 1. The molecule has 0 saturated heterocycles. The van der Waals surface area contributed by atoms with E-state index in [0.717, 1.165) is 24.2 Å². The van der Waals surface area contributed by atoms with Gasteiger partial charge in [-0.2, -0.15) is 0 Å². The van der Waals surface area contributed by atoms with E-state index >= 15 is 0 Å². The number of carbonyl (C=O) groups is 1. The van der Waals surface area contributed by atoms with Crippen molar-refractivity contribution in [3.63, 3.8) is 0 Å². The molecule has 1 amide bonds. The number of rotatable bonds is 6. The molecular formula is C18H22N2O2. The summed E-state index contributed by atoms with van der Waals surface area (Å²) in [6, 6.07) is 11.5. The first kappa shape index (κ1) is 16.0. The van der Waals surface area contributed by atoms with Gasteiger partial charge in [-0.25, -0.2) is 0 Å². The summed E-state index contributed by atoms with van der Waals surface area (Å²) in [5, 5.41) is 0. The predicted octanol–water partition coefficient (Wildman–Crippen LogP) is 2.58. The number of primary amides is 1. The number of benzene rings is 1. The summed E-state index contributed by atoms with van der Waals surface area (Å²) in [4.78, 5) is 23.4. The lowest BCUT2D eigenvalue weighted by Crippen LogP contribution is -2.25. The maximum Gasteiger partial charge on any atom is 0.254 e. The molecule has 2 rings (SSSR count). The number of pyridine rings is 1. The zero-order valence-corrected chi connectivity index (χ0v) is 13.1. The summed E-state index contributed by atoms with van der Waals surface area (Å²) in [5.41, 5.74) is 7.08. The Balaban J connectivity index is 2.39. The zero-order chi connectivity index (χ0) is 16.1. The lowest BCUT2D eigenvalue weighted by atomic mass is 10.1. The molecule has 4 nitrogen and oxygen atoms in total. The minimum atomic E-state index is -0.672.